The van der Waals surface area contributed by atoms with Crippen molar-refractivity contribution in [3.8, 4) is 5.69 Å². The van der Waals surface area contributed by atoms with E-state index in [1.54, 1.807) is 22.9 Å². The molecule has 3 aromatic carbocycles. The van der Waals surface area contributed by atoms with Crippen LogP contribution < -0.4 is 15.9 Å². The van der Waals surface area contributed by atoms with Crippen molar-refractivity contribution in [2.45, 2.75) is 5.16 Å². The Bertz CT molecular complexity index is 1460. The minimum Gasteiger partial charge on any atom is -0.369 e. The van der Waals surface area contributed by atoms with Crippen molar-refractivity contribution in [3.63, 3.8) is 0 Å². The van der Waals surface area contributed by atoms with Crippen LogP contribution in [0.5, 0.6) is 0 Å². The Balaban J connectivity index is 1.23. The van der Waals surface area contributed by atoms with Gasteiger partial charge in [0.1, 0.15) is 0 Å². The molecular formula is C28H28N6O2S. The number of rotatable bonds is 7. The highest BCUT2D eigenvalue weighted by atomic mass is 32.2. The first-order chi connectivity index (χ1) is 18.1. The smallest absolute Gasteiger partial charge is 0.266 e. The summed E-state index contributed by atoms with van der Waals surface area (Å²) in [7, 11) is 2.14. The third-order valence-corrected chi connectivity index (χ3v) is 7.19. The zero-order chi connectivity index (χ0) is 25.6. The van der Waals surface area contributed by atoms with Crippen LogP contribution in [0.25, 0.3) is 16.6 Å². The van der Waals surface area contributed by atoms with E-state index in [4.69, 9.17) is 0 Å². The maximum absolute atomic E-state index is 13.2. The van der Waals surface area contributed by atoms with E-state index < -0.39 is 0 Å². The average molecular weight is 513 g/mol. The molecule has 0 atom stereocenters. The number of carbonyl (C=O) groups excluding carboxylic acids is 1. The number of hydrogen-bond acceptors (Lipinski definition) is 7. The summed E-state index contributed by atoms with van der Waals surface area (Å²) in [4.78, 5) is 35.1. The van der Waals surface area contributed by atoms with E-state index in [-0.39, 0.29) is 17.2 Å². The minimum atomic E-state index is -0.280. The van der Waals surface area contributed by atoms with Gasteiger partial charge in [0.15, 0.2) is 5.16 Å². The van der Waals surface area contributed by atoms with Gasteiger partial charge in [-0.05, 0) is 49.0 Å². The number of anilines is 1. The molecule has 0 bridgehead atoms. The predicted molar refractivity (Wildman–Crippen MR) is 150 cm³/mol. The summed E-state index contributed by atoms with van der Waals surface area (Å²) in [5.41, 5.74) is 5.80. The number of carbonyl (C=O) groups is 1. The Labute approximate surface area is 219 Å². The average Bonchev–Trinajstić information content (AvgIpc) is 2.93. The Morgan fingerprint density at radius 1 is 0.946 bits per heavy atom. The van der Waals surface area contributed by atoms with Gasteiger partial charge >= 0.3 is 0 Å². The first-order valence-electron chi connectivity index (χ1n) is 12.1. The Morgan fingerprint density at radius 3 is 2.41 bits per heavy atom. The van der Waals surface area contributed by atoms with Gasteiger partial charge in [-0.3, -0.25) is 14.2 Å². The first-order valence-corrected chi connectivity index (χ1v) is 13.1. The highest BCUT2D eigenvalue weighted by Crippen LogP contribution is 2.21. The number of hydrazone groups is 1. The lowest BCUT2D eigenvalue weighted by atomic mass is 10.2. The van der Waals surface area contributed by atoms with Gasteiger partial charge in [-0.25, -0.2) is 10.4 Å². The maximum atomic E-state index is 13.2. The second-order valence-electron chi connectivity index (χ2n) is 8.85. The molecule has 1 amide bonds. The van der Waals surface area contributed by atoms with Crippen LogP contribution in [0.2, 0.25) is 0 Å². The number of piperazine rings is 1. The van der Waals surface area contributed by atoms with Crippen molar-refractivity contribution in [2.75, 3.05) is 43.9 Å². The summed E-state index contributed by atoms with van der Waals surface area (Å²) in [6.45, 7) is 4.15. The number of amides is 1. The molecule has 1 aromatic heterocycles. The van der Waals surface area contributed by atoms with E-state index >= 15 is 0 Å². The molecule has 0 saturated carbocycles. The third-order valence-electron chi connectivity index (χ3n) is 6.26. The Morgan fingerprint density at radius 2 is 1.65 bits per heavy atom. The summed E-state index contributed by atoms with van der Waals surface area (Å²) >= 11 is 1.20. The Kier molecular flexibility index (Phi) is 7.62. The summed E-state index contributed by atoms with van der Waals surface area (Å²) in [5, 5.41) is 5.09. The van der Waals surface area contributed by atoms with Crippen LogP contribution in [0.1, 0.15) is 5.56 Å². The highest BCUT2D eigenvalue weighted by Gasteiger charge is 2.15. The summed E-state index contributed by atoms with van der Waals surface area (Å²) < 4.78 is 1.55. The zero-order valence-electron chi connectivity index (χ0n) is 20.6. The van der Waals surface area contributed by atoms with Crippen LogP contribution in [0, 0.1) is 0 Å². The molecule has 9 heteroatoms. The number of likely N-dealkylation sites (N-methyl/N-ethyl adjacent to an activating group) is 1. The lowest BCUT2D eigenvalue weighted by Crippen LogP contribution is -2.44. The van der Waals surface area contributed by atoms with Gasteiger partial charge in [-0.1, -0.05) is 54.2 Å². The molecule has 1 saturated heterocycles. The number of thioether (sulfide) groups is 1. The van der Waals surface area contributed by atoms with Crippen LogP contribution in [-0.2, 0) is 4.79 Å². The summed E-state index contributed by atoms with van der Waals surface area (Å²) in [5.74, 6) is -0.213. The molecule has 37 heavy (non-hydrogen) atoms. The lowest BCUT2D eigenvalue weighted by Gasteiger charge is -2.34. The van der Waals surface area contributed by atoms with Gasteiger partial charge in [-0.15, -0.1) is 0 Å². The van der Waals surface area contributed by atoms with Crippen molar-refractivity contribution in [2.24, 2.45) is 5.10 Å². The van der Waals surface area contributed by atoms with Crippen molar-refractivity contribution in [1.82, 2.24) is 19.9 Å². The van der Waals surface area contributed by atoms with Crippen LogP contribution >= 0.6 is 11.8 Å². The van der Waals surface area contributed by atoms with Gasteiger partial charge in [-0.2, -0.15) is 5.10 Å². The van der Waals surface area contributed by atoms with Gasteiger partial charge in [0, 0.05) is 31.9 Å². The molecule has 4 aromatic rings. The van der Waals surface area contributed by atoms with E-state index in [0.29, 0.717) is 21.7 Å². The maximum Gasteiger partial charge on any atom is 0.266 e. The van der Waals surface area contributed by atoms with Crippen LogP contribution in [-0.4, -0.2) is 65.6 Å². The number of aromatic nitrogens is 2. The second kappa shape index (κ2) is 11.4. The number of nitrogens with zero attached hydrogens (tertiary/aromatic N) is 5. The number of para-hydroxylation sites is 2. The molecule has 0 aliphatic carbocycles. The molecule has 2 heterocycles. The van der Waals surface area contributed by atoms with Gasteiger partial charge < -0.3 is 9.80 Å². The molecule has 0 radical (unpaired) electrons. The topological polar surface area (TPSA) is 82.8 Å². The highest BCUT2D eigenvalue weighted by molar-refractivity contribution is 7.99. The van der Waals surface area contributed by atoms with E-state index in [1.165, 1.54) is 17.4 Å². The van der Waals surface area contributed by atoms with E-state index in [1.807, 2.05) is 54.6 Å². The normalized spacial score (nSPS) is 14.4. The first kappa shape index (κ1) is 24.7. The fourth-order valence-electron chi connectivity index (χ4n) is 4.19. The monoisotopic (exact) mass is 512 g/mol. The fraction of sp³-hybridized carbons (Fsp3) is 0.214. The predicted octanol–water partition coefficient (Wildman–Crippen LogP) is 3.38. The molecule has 5 rings (SSSR count). The Hall–Kier alpha value is -3.95. The van der Waals surface area contributed by atoms with E-state index in [2.05, 4.69) is 44.5 Å². The largest absolute Gasteiger partial charge is 0.369 e. The molecule has 8 nitrogen and oxygen atoms in total. The zero-order valence-corrected chi connectivity index (χ0v) is 21.4. The summed E-state index contributed by atoms with van der Waals surface area (Å²) in [6.07, 6.45) is 1.63. The SMILES string of the molecule is CN1CCN(c2ccc(/C=N/NC(=O)CSc3nc4ccccc4c(=O)n3-c3ccccc3)cc2)CC1. The quantitative estimate of drug-likeness (QED) is 0.177. The molecular weight excluding hydrogens is 484 g/mol. The second-order valence-corrected chi connectivity index (χ2v) is 9.79. The molecule has 1 fully saturated rings. The summed E-state index contributed by atoms with van der Waals surface area (Å²) in [6, 6.07) is 24.7. The molecule has 188 valence electrons. The minimum absolute atomic E-state index is 0.0668. The van der Waals surface area contributed by atoms with Crippen molar-refractivity contribution < 1.29 is 4.79 Å². The lowest BCUT2D eigenvalue weighted by molar-refractivity contribution is -0.118. The van der Waals surface area contributed by atoms with Crippen LogP contribution in [0.3, 0.4) is 0 Å². The molecule has 0 spiro atoms. The molecule has 0 unspecified atom stereocenters. The van der Waals surface area contributed by atoms with Crippen LogP contribution in [0.4, 0.5) is 5.69 Å². The molecule has 1 aliphatic rings. The van der Waals surface area contributed by atoms with E-state index in [0.717, 1.165) is 31.7 Å². The number of hydrogen-bond donors (Lipinski definition) is 1. The standard InChI is InChI=1S/C28H28N6O2S/c1-32-15-17-33(18-16-32)22-13-11-21(12-14-22)19-29-31-26(35)20-37-28-30-25-10-6-5-9-24(25)27(36)34(28)23-7-3-2-4-8-23/h2-14,19H,15-18,20H2,1H3,(H,31,35)/b29-19+. The van der Waals surface area contributed by atoms with Crippen molar-refractivity contribution >= 4 is 40.5 Å². The van der Waals surface area contributed by atoms with Crippen molar-refractivity contribution in [3.05, 3.63) is 94.8 Å². The molecule has 1 N–H and O–H groups in total. The van der Waals surface area contributed by atoms with E-state index in [9.17, 15) is 9.59 Å². The van der Waals surface area contributed by atoms with Crippen LogP contribution in [0.15, 0.2) is 93.9 Å². The van der Waals surface area contributed by atoms with Gasteiger partial charge in [0.25, 0.3) is 11.5 Å². The molecule has 1 aliphatic heterocycles. The number of fused-ring (bicyclic) bond motifs is 1. The fourth-order valence-corrected chi connectivity index (χ4v) is 5.00. The third kappa shape index (κ3) is 5.90. The van der Waals surface area contributed by atoms with Crippen molar-refractivity contribution in [1.29, 1.82) is 0 Å². The number of nitrogens with one attached hydrogen (secondary N) is 1. The van der Waals surface area contributed by atoms with Gasteiger partial charge in [0.05, 0.1) is 28.6 Å². The van der Waals surface area contributed by atoms with Gasteiger partial charge in [0.2, 0.25) is 0 Å². The number of benzene rings is 3.